The molecule has 5 nitrogen and oxygen atoms in total. The molecule has 0 saturated heterocycles. The number of ether oxygens (including phenoxy) is 1. The van der Waals surface area contributed by atoms with E-state index in [4.69, 9.17) is 4.74 Å². The molecule has 0 aromatic heterocycles. The van der Waals surface area contributed by atoms with E-state index >= 15 is 0 Å². The Labute approximate surface area is 157 Å². The molecule has 0 atom stereocenters. The number of hydrogen-bond donors (Lipinski definition) is 2. The third-order valence-electron chi connectivity index (χ3n) is 4.00. The lowest BCUT2D eigenvalue weighted by atomic mass is 10.1. The Bertz CT molecular complexity index is 912. The zero-order valence-electron chi connectivity index (χ0n) is 14.9. The first-order valence-electron chi connectivity index (χ1n) is 8.44. The third-order valence-corrected chi connectivity index (χ3v) is 4.00. The molecule has 3 aromatic carbocycles. The molecular weight excluding hydrogens is 340 g/mol. The summed E-state index contributed by atoms with van der Waals surface area (Å²) >= 11 is 0. The molecule has 27 heavy (non-hydrogen) atoms. The van der Waals surface area contributed by atoms with Gasteiger partial charge in [0.25, 0.3) is 0 Å². The van der Waals surface area contributed by atoms with Gasteiger partial charge in [-0.1, -0.05) is 42.5 Å². The van der Waals surface area contributed by atoms with Gasteiger partial charge >= 0.3 is 0 Å². The number of phenols is 2. The largest absolute Gasteiger partial charge is 0.507 e. The fourth-order valence-corrected chi connectivity index (χ4v) is 2.57. The van der Waals surface area contributed by atoms with Gasteiger partial charge in [0.05, 0.1) is 7.11 Å². The first-order valence-corrected chi connectivity index (χ1v) is 8.44. The van der Waals surface area contributed by atoms with Crippen molar-refractivity contribution < 1.29 is 14.9 Å². The molecule has 0 radical (unpaired) electrons. The second-order valence-electron chi connectivity index (χ2n) is 5.79. The van der Waals surface area contributed by atoms with E-state index in [1.807, 2.05) is 36.4 Å². The van der Waals surface area contributed by atoms with Crippen LogP contribution in [0.1, 0.15) is 22.9 Å². The maximum atomic E-state index is 9.95. The quantitative estimate of drug-likeness (QED) is 0.642. The lowest BCUT2D eigenvalue weighted by molar-refractivity contribution is 0.406. The minimum absolute atomic E-state index is 0.143. The van der Waals surface area contributed by atoms with Crippen LogP contribution in [0.4, 0.5) is 0 Å². The third kappa shape index (κ3) is 4.52. The van der Waals surface area contributed by atoms with Crippen LogP contribution in [0.3, 0.4) is 0 Å². The van der Waals surface area contributed by atoms with Crippen molar-refractivity contribution in [2.45, 2.75) is 6.17 Å². The molecule has 0 bridgehead atoms. The van der Waals surface area contributed by atoms with Crippen LogP contribution >= 0.6 is 0 Å². The predicted molar refractivity (Wildman–Crippen MR) is 107 cm³/mol. The Kier molecular flexibility index (Phi) is 5.84. The second kappa shape index (κ2) is 8.67. The summed E-state index contributed by atoms with van der Waals surface area (Å²) in [6, 6.07) is 21.4. The lowest BCUT2D eigenvalue weighted by Gasteiger charge is -2.13. The van der Waals surface area contributed by atoms with Gasteiger partial charge in [-0.3, -0.25) is 9.98 Å². The molecule has 0 heterocycles. The lowest BCUT2D eigenvalue weighted by Crippen LogP contribution is -1.99. The van der Waals surface area contributed by atoms with Crippen LogP contribution in [0.5, 0.6) is 17.2 Å². The first kappa shape index (κ1) is 18.2. The standard InChI is InChI=1S/C22H20N2O3/c1-27-21-13-7-4-10-18(21)22(23-14-16-8-2-5-11-19(16)25)24-15-17-9-3-6-12-20(17)26/h2-15,22,25-26H,1H3/b23-14+,24-15+. The maximum Gasteiger partial charge on any atom is 0.168 e. The van der Waals surface area contributed by atoms with Gasteiger partial charge in [0.2, 0.25) is 0 Å². The molecule has 136 valence electrons. The average Bonchev–Trinajstić information content (AvgIpc) is 2.70. The molecule has 3 rings (SSSR count). The molecule has 0 aliphatic rings. The molecule has 3 aromatic rings. The Hall–Kier alpha value is -3.60. The molecule has 0 spiro atoms. The monoisotopic (exact) mass is 360 g/mol. The SMILES string of the molecule is COc1ccccc1C(/N=C/c1ccccc1O)/N=C/c1ccccc1O. The van der Waals surface area contributed by atoms with Crippen LogP contribution < -0.4 is 4.74 Å². The smallest absolute Gasteiger partial charge is 0.168 e. The average molecular weight is 360 g/mol. The summed E-state index contributed by atoms with van der Waals surface area (Å²) in [7, 11) is 1.59. The number of hydrogen-bond acceptors (Lipinski definition) is 5. The number of phenolic OH excluding ortho intramolecular Hbond substituents is 2. The van der Waals surface area contributed by atoms with E-state index in [1.54, 1.807) is 55.9 Å². The second-order valence-corrected chi connectivity index (χ2v) is 5.79. The minimum atomic E-state index is -0.597. The number of para-hydroxylation sites is 3. The Morgan fingerprint density at radius 2 is 1.22 bits per heavy atom. The van der Waals surface area contributed by atoms with Crippen molar-refractivity contribution in [1.29, 1.82) is 0 Å². The van der Waals surface area contributed by atoms with Crippen LogP contribution in [0.2, 0.25) is 0 Å². The van der Waals surface area contributed by atoms with Gasteiger partial charge in [-0.25, -0.2) is 0 Å². The summed E-state index contributed by atoms with van der Waals surface area (Å²) in [6.07, 6.45) is 2.56. The van der Waals surface area contributed by atoms with Crippen molar-refractivity contribution in [2.24, 2.45) is 9.98 Å². The van der Waals surface area contributed by atoms with Crippen LogP contribution in [0, 0.1) is 0 Å². The molecule has 0 fully saturated rings. The van der Waals surface area contributed by atoms with Crippen LogP contribution in [0.15, 0.2) is 82.8 Å². The Balaban J connectivity index is 1.99. The van der Waals surface area contributed by atoms with Crippen molar-refractivity contribution >= 4 is 12.4 Å². The summed E-state index contributed by atoms with van der Waals surface area (Å²) in [6.45, 7) is 0. The molecular formula is C22H20N2O3. The van der Waals surface area contributed by atoms with E-state index in [2.05, 4.69) is 9.98 Å². The minimum Gasteiger partial charge on any atom is -0.507 e. The highest BCUT2D eigenvalue weighted by molar-refractivity contribution is 5.85. The van der Waals surface area contributed by atoms with Crippen LogP contribution in [-0.2, 0) is 0 Å². The van der Waals surface area contributed by atoms with Gasteiger partial charge in [0.1, 0.15) is 17.2 Å². The number of rotatable bonds is 6. The zero-order chi connectivity index (χ0) is 19.1. The van der Waals surface area contributed by atoms with Crippen molar-refractivity contribution in [3.8, 4) is 17.2 Å². The maximum absolute atomic E-state index is 9.95. The predicted octanol–water partition coefficient (Wildman–Crippen LogP) is 4.34. The molecule has 5 heteroatoms. The fraction of sp³-hybridized carbons (Fsp3) is 0.0909. The van der Waals surface area contributed by atoms with E-state index < -0.39 is 6.17 Å². The number of aromatic hydroxyl groups is 2. The van der Waals surface area contributed by atoms with Gasteiger partial charge in [0.15, 0.2) is 6.17 Å². The van der Waals surface area contributed by atoms with E-state index in [1.165, 1.54) is 0 Å². The summed E-state index contributed by atoms with van der Waals surface area (Å²) in [5, 5.41) is 19.9. The van der Waals surface area contributed by atoms with E-state index in [9.17, 15) is 10.2 Å². The molecule has 0 amide bonds. The van der Waals surface area contributed by atoms with Gasteiger partial charge in [-0.15, -0.1) is 0 Å². The number of methoxy groups -OCH3 is 1. The molecule has 0 unspecified atom stereocenters. The number of benzene rings is 3. The number of aliphatic imine (C=N–C) groups is 2. The summed E-state index contributed by atoms with van der Waals surface area (Å²) in [4.78, 5) is 9.07. The Morgan fingerprint density at radius 3 is 1.74 bits per heavy atom. The summed E-state index contributed by atoms with van der Waals surface area (Å²) in [5.74, 6) is 0.945. The zero-order valence-corrected chi connectivity index (χ0v) is 14.9. The fourth-order valence-electron chi connectivity index (χ4n) is 2.57. The van der Waals surface area contributed by atoms with Gasteiger partial charge in [-0.05, 0) is 30.3 Å². The first-order chi connectivity index (χ1) is 13.2. The van der Waals surface area contributed by atoms with Crippen LogP contribution in [-0.4, -0.2) is 29.8 Å². The Morgan fingerprint density at radius 1 is 0.741 bits per heavy atom. The normalized spacial score (nSPS) is 11.5. The summed E-state index contributed by atoms with van der Waals surface area (Å²) < 4.78 is 5.43. The van der Waals surface area contributed by atoms with E-state index in [-0.39, 0.29) is 11.5 Å². The van der Waals surface area contributed by atoms with E-state index in [0.29, 0.717) is 16.9 Å². The van der Waals surface area contributed by atoms with Crippen LogP contribution in [0.25, 0.3) is 0 Å². The number of nitrogens with zero attached hydrogens (tertiary/aromatic N) is 2. The molecule has 0 aliphatic carbocycles. The summed E-state index contributed by atoms with van der Waals surface area (Å²) in [5.41, 5.74) is 1.96. The highest BCUT2D eigenvalue weighted by Crippen LogP contribution is 2.29. The molecule has 0 saturated carbocycles. The highest BCUT2D eigenvalue weighted by Gasteiger charge is 2.13. The van der Waals surface area contributed by atoms with Gasteiger partial charge < -0.3 is 14.9 Å². The van der Waals surface area contributed by atoms with Crippen molar-refractivity contribution in [1.82, 2.24) is 0 Å². The molecule has 2 N–H and O–H groups in total. The van der Waals surface area contributed by atoms with Gasteiger partial charge in [-0.2, -0.15) is 0 Å². The van der Waals surface area contributed by atoms with Crippen molar-refractivity contribution in [3.05, 3.63) is 89.5 Å². The topological polar surface area (TPSA) is 74.4 Å². The van der Waals surface area contributed by atoms with Crippen molar-refractivity contribution in [2.75, 3.05) is 7.11 Å². The molecule has 0 aliphatic heterocycles. The van der Waals surface area contributed by atoms with Crippen molar-refractivity contribution in [3.63, 3.8) is 0 Å². The van der Waals surface area contributed by atoms with Gasteiger partial charge in [0, 0.05) is 29.1 Å². The highest BCUT2D eigenvalue weighted by atomic mass is 16.5. The van der Waals surface area contributed by atoms with E-state index in [0.717, 1.165) is 5.56 Å².